The summed E-state index contributed by atoms with van der Waals surface area (Å²) in [7, 11) is 1.58. The van der Waals surface area contributed by atoms with Crippen molar-refractivity contribution in [3.05, 3.63) is 40.0 Å². The number of aromatic nitrogens is 6. The van der Waals surface area contributed by atoms with Crippen LogP contribution in [0, 0.1) is 5.82 Å². The Morgan fingerprint density at radius 1 is 1.42 bits per heavy atom. The van der Waals surface area contributed by atoms with Crippen LogP contribution < -0.4 is 10.6 Å². The predicted octanol–water partition coefficient (Wildman–Crippen LogP) is 1.58. The summed E-state index contributed by atoms with van der Waals surface area (Å²) in [6, 6.07) is 4.49. The predicted molar refractivity (Wildman–Crippen MR) is 86.0 cm³/mol. The Morgan fingerprint density at radius 2 is 2.29 bits per heavy atom. The molecule has 0 bridgehead atoms. The Morgan fingerprint density at radius 3 is 3.00 bits per heavy atom. The highest BCUT2D eigenvalue weighted by atomic mass is 79.9. The second kappa shape index (κ2) is 7.12. The maximum atomic E-state index is 13.3. The summed E-state index contributed by atoms with van der Waals surface area (Å²) in [6.07, 6.45) is 0. The third-order valence-electron chi connectivity index (χ3n) is 2.92. The summed E-state index contributed by atoms with van der Waals surface area (Å²) in [5, 5.41) is 27.1. The van der Waals surface area contributed by atoms with Gasteiger partial charge in [-0.3, -0.25) is 4.99 Å². The number of tetrazole rings is 1. The van der Waals surface area contributed by atoms with Crippen LogP contribution in [0.2, 0.25) is 0 Å². The van der Waals surface area contributed by atoms with Crippen LogP contribution in [0.25, 0.3) is 0 Å². The minimum absolute atomic E-state index is 0.275. The second-order valence-corrected chi connectivity index (χ2v) is 5.32. The van der Waals surface area contributed by atoms with Crippen molar-refractivity contribution in [3.8, 4) is 0 Å². The topological polar surface area (TPSA) is 130 Å². The van der Waals surface area contributed by atoms with Crippen molar-refractivity contribution in [1.82, 2.24) is 30.9 Å². The minimum atomic E-state index is -0.360. The normalized spacial score (nSPS) is 11.5. The number of aromatic amines is 1. The minimum Gasteiger partial charge on any atom is -0.358 e. The average molecular weight is 396 g/mol. The highest BCUT2D eigenvalue weighted by Gasteiger charge is 2.17. The summed E-state index contributed by atoms with van der Waals surface area (Å²) >= 11 is 3.13. The van der Waals surface area contributed by atoms with E-state index in [1.165, 1.54) is 6.07 Å². The van der Waals surface area contributed by atoms with E-state index < -0.39 is 0 Å². The molecule has 3 N–H and O–H groups in total. The Labute approximate surface area is 143 Å². The number of aliphatic imine (C=N–C) groups is 1. The first kappa shape index (κ1) is 16.0. The van der Waals surface area contributed by atoms with Gasteiger partial charge in [0.2, 0.25) is 5.82 Å². The lowest BCUT2D eigenvalue weighted by Crippen LogP contribution is -2.16. The molecular formula is C12H11BrFN9O. The van der Waals surface area contributed by atoms with Crippen LogP contribution in [0.5, 0.6) is 0 Å². The molecule has 24 heavy (non-hydrogen) atoms. The summed E-state index contributed by atoms with van der Waals surface area (Å²) in [6.45, 7) is 0.275. The standard InChI is InChI=1S/C12H11BrFN9O/c1-15-11(17-6-2-3-8(14)7(13)4-6)10-12(21-24-20-10)16-5-9-18-22-23-19-9/h2-4H,5H2,1H3,(H,15,17)(H,16,21)(H,18,19,22,23). The van der Waals surface area contributed by atoms with Gasteiger partial charge >= 0.3 is 0 Å². The molecule has 0 spiro atoms. The molecule has 1 aromatic carbocycles. The molecule has 0 radical (unpaired) electrons. The van der Waals surface area contributed by atoms with Crippen molar-refractivity contribution < 1.29 is 9.02 Å². The van der Waals surface area contributed by atoms with Gasteiger partial charge in [-0.05, 0) is 44.4 Å². The van der Waals surface area contributed by atoms with Gasteiger partial charge in [0.25, 0.3) is 0 Å². The zero-order chi connectivity index (χ0) is 16.9. The maximum Gasteiger partial charge on any atom is 0.202 e. The van der Waals surface area contributed by atoms with Crippen LogP contribution in [0.15, 0.2) is 32.3 Å². The molecule has 3 aromatic rings. The van der Waals surface area contributed by atoms with Gasteiger partial charge in [-0.25, -0.2) is 9.02 Å². The number of benzene rings is 1. The fourth-order valence-electron chi connectivity index (χ4n) is 1.81. The Kier molecular flexibility index (Phi) is 4.74. The molecule has 3 rings (SSSR count). The van der Waals surface area contributed by atoms with Gasteiger partial charge in [-0.15, -0.1) is 10.2 Å². The van der Waals surface area contributed by atoms with Gasteiger partial charge in [0.05, 0.1) is 11.0 Å². The van der Waals surface area contributed by atoms with Gasteiger partial charge in [0.15, 0.2) is 17.4 Å². The summed E-state index contributed by atoms with van der Waals surface area (Å²) in [5.74, 6) is 0.843. The monoisotopic (exact) mass is 395 g/mol. The van der Waals surface area contributed by atoms with E-state index in [0.29, 0.717) is 33.3 Å². The fourth-order valence-corrected chi connectivity index (χ4v) is 2.19. The van der Waals surface area contributed by atoms with E-state index in [2.05, 4.69) is 62.5 Å². The van der Waals surface area contributed by atoms with Crippen LogP contribution >= 0.6 is 15.9 Å². The molecule has 12 heteroatoms. The smallest absolute Gasteiger partial charge is 0.202 e. The zero-order valence-corrected chi connectivity index (χ0v) is 13.9. The molecular weight excluding hydrogens is 385 g/mol. The number of nitrogens with zero attached hydrogens (tertiary/aromatic N) is 6. The highest BCUT2D eigenvalue weighted by Crippen LogP contribution is 2.21. The number of hydrogen-bond donors (Lipinski definition) is 3. The SMILES string of the molecule is CN=C(Nc1ccc(F)c(Br)c1)c1nonc1NCc1nn[nH]n1. The highest BCUT2D eigenvalue weighted by molar-refractivity contribution is 9.10. The number of anilines is 2. The van der Waals surface area contributed by atoms with E-state index >= 15 is 0 Å². The number of H-pyrrole nitrogens is 1. The molecule has 0 aliphatic rings. The first-order valence-corrected chi connectivity index (χ1v) is 7.44. The molecule has 0 saturated carbocycles. The Bertz CT molecular complexity index is 848. The molecule has 10 nitrogen and oxygen atoms in total. The molecule has 0 aliphatic carbocycles. The van der Waals surface area contributed by atoms with E-state index in [1.54, 1.807) is 19.2 Å². The molecule has 0 amide bonds. The van der Waals surface area contributed by atoms with Crippen LogP contribution in [0.3, 0.4) is 0 Å². The van der Waals surface area contributed by atoms with Crippen molar-refractivity contribution >= 4 is 33.3 Å². The first-order valence-electron chi connectivity index (χ1n) is 6.65. The first-order chi connectivity index (χ1) is 11.7. The number of hydrogen-bond acceptors (Lipinski definition) is 8. The maximum absolute atomic E-state index is 13.3. The molecule has 2 heterocycles. The van der Waals surface area contributed by atoms with Gasteiger partial charge in [0.1, 0.15) is 5.82 Å². The Hall–Kier alpha value is -2.89. The van der Waals surface area contributed by atoms with E-state index in [1.807, 2.05) is 0 Å². The molecule has 0 atom stereocenters. The Balaban J connectivity index is 1.76. The number of rotatable bonds is 5. The van der Waals surface area contributed by atoms with Crippen molar-refractivity contribution in [2.45, 2.75) is 6.54 Å². The van der Waals surface area contributed by atoms with E-state index in [4.69, 9.17) is 4.63 Å². The molecule has 0 aliphatic heterocycles. The van der Waals surface area contributed by atoms with Crippen molar-refractivity contribution in [1.29, 1.82) is 0 Å². The van der Waals surface area contributed by atoms with Crippen molar-refractivity contribution in [3.63, 3.8) is 0 Å². The summed E-state index contributed by atoms with van der Waals surface area (Å²) < 4.78 is 18.4. The van der Waals surface area contributed by atoms with Crippen LogP contribution in [-0.4, -0.2) is 43.8 Å². The number of amidine groups is 1. The summed E-state index contributed by atoms with van der Waals surface area (Å²) in [5.41, 5.74) is 0.984. The lowest BCUT2D eigenvalue weighted by molar-refractivity contribution is 0.307. The van der Waals surface area contributed by atoms with E-state index in [9.17, 15) is 4.39 Å². The third kappa shape index (κ3) is 3.53. The quantitative estimate of drug-likeness (QED) is 0.438. The van der Waals surface area contributed by atoms with Crippen molar-refractivity contribution in [2.75, 3.05) is 17.7 Å². The van der Waals surface area contributed by atoms with E-state index in [-0.39, 0.29) is 12.4 Å². The van der Waals surface area contributed by atoms with Gasteiger partial charge in [-0.2, -0.15) is 5.21 Å². The number of nitrogens with one attached hydrogen (secondary N) is 3. The van der Waals surface area contributed by atoms with Gasteiger partial charge < -0.3 is 10.6 Å². The van der Waals surface area contributed by atoms with Gasteiger partial charge in [-0.1, -0.05) is 5.21 Å². The van der Waals surface area contributed by atoms with Crippen LogP contribution in [0.1, 0.15) is 11.5 Å². The lowest BCUT2D eigenvalue weighted by atomic mass is 10.3. The lowest BCUT2D eigenvalue weighted by Gasteiger charge is -2.09. The third-order valence-corrected chi connectivity index (χ3v) is 3.53. The van der Waals surface area contributed by atoms with Crippen LogP contribution in [0.4, 0.5) is 15.9 Å². The zero-order valence-electron chi connectivity index (χ0n) is 12.3. The average Bonchev–Trinajstić information content (AvgIpc) is 3.25. The van der Waals surface area contributed by atoms with E-state index in [0.717, 1.165) is 0 Å². The molecule has 0 fully saturated rings. The van der Waals surface area contributed by atoms with Crippen molar-refractivity contribution in [2.24, 2.45) is 4.99 Å². The largest absolute Gasteiger partial charge is 0.358 e. The second-order valence-electron chi connectivity index (χ2n) is 4.47. The summed E-state index contributed by atoms with van der Waals surface area (Å²) in [4.78, 5) is 4.13. The molecule has 0 saturated heterocycles. The fraction of sp³-hybridized carbons (Fsp3) is 0.167. The molecule has 0 unspecified atom stereocenters. The molecule has 124 valence electrons. The molecule has 2 aromatic heterocycles. The van der Waals surface area contributed by atoms with Gasteiger partial charge in [0, 0.05) is 12.7 Å². The number of halogens is 2. The van der Waals surface area contributed by atoms with Crippen LogP contribution in [-0.2, 0) is 6.54 Å².